The lowest BCUT2D eigenvalue weighted by atomic mass is 10.1. The largest absolute Gasteiger partial charge is 0.352 e. The minimum Gasteiger partial charge on any atom is -0.352 e. The molecule has 0 bridgehead atoms. The van der Waals surface area contributed by atoms with Gasteiger partial charge in [-0.25, -0.2) is 0 Å². The Morgan fingerprint density at radius 3 is 2.23 bits per heavy atom. The average molecular weight is 575 g/mol. The minimum absolute atomic E-state index is 0.0578. The van der Waals surface area contributed by atoms with E-state index in [2.05, 4.69) is 34.2 Å². The summed E-state index contributed by atoms with van der Waals surface area (Å²) < 4.78 is 0. The minimum atomic E-state index is -0.318. The number of nitrogens with zero attached hydrogens (tertiary/aromatic N) is 5. The Labute approximate surface area is 243 Å². The first-order valence-electron chi connectivity index (χ1n) is 13.1. The number of carbonyl (C=O) groups is 2. The van der Waals surface area contributed by atoms with Gasteiger partial charge in [0.15, 0.2) is 5.82 Å². The zero-order chi connectivity index (χ0) is 28.1. The molecule has 0 saturated carbocycles. The van der Waals surface area contributed by atoms with Gasteiger partial charge in [-0.05, 0) is 42.8 Å². The monoisotopic (exact) mass is 573 g/mol. The quantitative estimate of drug-likeness (QED) is 0.281. The Balaban J connectivity index is 1.23. The number of aromatic nitrogens is 2. The summed E-state index contributed by atoms with van der Waals surface area (Å²) >= 11 is 12.4. The zero-order valence-electron chi connectivity index (χ0n) is 22.1. The van der Waals surface area contributed by atoms with Crippen LogP contribution in [0.5, 0.6) is 0 Å². The maximum absolute atomic E-state index is 13.5. The number of amides is 2. The Morgan fingerprint density at radius 2 is 1.57 bits per heavy atom. The summed E-state index contributed by atoms with van der Waals surface area (Å²) in [6, 6.07) is 26.5. The first-order chi connectivity index (χ1) is 19.4. The molecule has 9 heteroatoms. The van der Waals surface area contributed by atoms with Crippen LogP contribution >= 0.6 is 23.2 Å². The highest BCUT2D eigenvalue weighted by Gasteiger charge is 2.27. The summed E-state index contributed by atoms with van der Waals surface area (Å²) in [4.78, 5) is 32.3. The summed E-state index contributed by atoms with van der Waals surface area (Å²) in [6.45, 7) is 4.58. The van der Waals surface area contributed by atoms with Crippen molar-refractivity contribution >= 4 is 40.8 Å². The van der Waals surface area contributed by atoms with Gasteiger partial charge < -0.3 is 14.7 Å². The van der Waals surface area contributed by atoms with E-state index in [1.807, 2.05) is 54.6 Å². The Morgan fingerprint density at radius 1 is 0.850 bits per heavy atom. The molecule has 40 heavy (non-hydrogen) atoms. The molecule has 4 aromatic rings. The third-order valence-electron chi connectivity index (χ3n) is 6.95. The second kappa shape index (κ2) is 12.5. The van der Waals surface area contributed by atoms with Crippen molar-refractivity contribution in [2.45, 2.75) is 13.5 Å². The molecule has 2 heterocycles. The van der Waals surface area contributed by atoms with E-state index < -0.39 is 0 Å². The number of aryl methyl sites for hydroxylation is 1. The van der Waals surface area contributed by atoms with E-state index >= 15 is 0 Å². The molecule has 7 nitrogen and oxygen atoms in total. The SMILES string of the molecule is Cc1ccc(-c2ccc(N3CCN(C(=O)CN(Cc4ccccc4)C(=O)c4ccc(Cl)cc4Cl)CC3)nn2)cc1. The lowest BCUT2D eigenvalue weighted by Crippen LogP contribution is -2.52. The Hall–Kier alpha value is -3.94. The number of benzene rings is 3. The van der Waals surface area contributed by atoms with Crippen LogP contribution in [0.2, 0.25) is 10.0 Å². The van der Waals surface area contributed by atoms with Crippen molar-refractivity contribution in [3.05, 3.63) is 112 Å². The summed E-state index contributed by atoms with van der Waals surface area (Å²) in [5.41, 5.74) is 4.27. The van der Waals surface area contributed by atoms with E-state index in [9.17, 15) is 9.59 Å². The maximum Gasteiger partial charge on any atom is 0.256 e. The van der Waals surface area contributed by atoms with Gasteiger partial charge in [0.25, 0.3) is 5.91 Å². The number of hydrogen-bond acceptors (Lipinski definition) is 5. The van der Waals surface area contributed by atoms with Crippen LogP contribution in [0.25, 0.3) is 11.3 Å². The predicted molar refractivity (Wildman–Crippen MR) is 159 cm³/mol. The number of rotatable bonds is 7. The summed E-state index contributed by atoms with van der Waals surface area (Å²) in [7, 11) is 0. The fourth-order valence-corrected chi connectivity index (χ4v) is 5.15. The van der Waals surface area contributed by atoms with Gasteiger partial charge in [0.2, 0.25) is 5.91 Å². The van der Waals surface area contributed by atoms with Crippen molar-refractivity contribution in [1.29, 1.82) is 0 Å². The fraction of sp³-hybridized carbons (Fsp3) is 0.226. The van der Waals surface area contributed by atoms with Crippen LogP contribution in [0, 0.1) is 6.92 Å². The number of anilines is 1. The Bertz CT molecular complexity index is 1470. The lowest BCUT2D eigenvalue weighted by Gasteiger charge is -2.36. The summed E-state index contributed by atoms with van der Waals surface area (Å²) in [6.07, 6.45) is 0. The molecule has 1 aromatic heterocycles. The molecule has 0 radical (unpaired) electrons. The Kier molecular flexibility index (Phi) is 8.63. The van der Waals surface area contributed by atoms with Gasteiger partial charge in [0, 0.05) is 43.3 Å². The van der Waals surface area contributed by atoms with E-state index in [4.69, 9.17) is 23.2 Å². The van der Waals surface area contributed by atoms with Gasteiger partial charge in [0.05, 0.1) is 16.3 Å². The molecule has 1 saturated heterocycles. The molecule has 1 aliphatic rings. The molecule has 204 valence electrons. The van der Waals surface area contributed by atoms with Crippen molar-refractivity contribution < 1.29 is 9.59 Å². The smallest absolute Gasteiger partial charge is 0.256 e. The van der Waals surface area contributed by atoms with E-state index in [-0.39, 0.29) is 29.9 Å². The van der Waals surface area contributed by atoms with Gasteiger partial charge in [-0.15, -0.1) is 10.2 Å². The summed E-state index contributed by atoms with van der Waals surface area (Å²) in [5, 5.41) is 9.55. The van der Waals surface area contributed by atoms with Crippen molar-refractivity contribution in [2.75, 3.05) is 37.6 Å². The molecular weight excluding hydrogens is 545 g/mol. The molecule has 0 atom stereocenters. The molecule has 2 amide bonds. The molecule has 0 aliphatic carbocycles. The second-order valence-electron chi connectivity index (χ2n) is 9.78. The number of hydrogen-bond donors (Lipinski definition) is 0. The first-order valence-corrected chi connectivity index (χ1v) is 13.8. The number of halogens is 2. The third-order valence-corrected chi connectivity index (χ3v) is 7.49. The van der Waals surface area contributed by atoms with Crippen molar-refractivity contribution in [3.8, 4) is 11.3 Å². The molecule has 0 unspecified atom stereocenters. The van der Waals surface area contributed by atoms with E-state index in [1.54, 1.807) is 17.0 Å². The normalized spacial score (nSPS) is 13.3. The molecule has 0 N–H and O–H groups in total. The van der Waals surface area contributed by atoms with Crippen LogP contribution in [0.15, 0.2) is 84.9 Å². The lowest BCUT2D eigenvalue weighted by molar-refractivity contribution is -0.132. The van der Waals surface area contributed by atoms with E-state index in [0.29, 0.717) is 36.8 Å². The van der Waals surface area contributed by atoms with Crippen LogP contribution in [-0.2, 0) is 11.3 Å². The highest BCUT2D eigenvalue weighted by atomic mass is 35.5. The van der Waals surface area contributed by atoms with Crippen LogP contribution in [0.4, 0.5) is 5.82 Å². The molecule has 0 spiro atoms. The summed E-state index contributed by atoms with van der Waals surface area (Å²) in [5.74, 6) is 0.345. The molecule has 5 rings (SSSR count). The van der Waals surface area contributed by atoms with Crippen molar-refractivity contribution in [2.24, 2.45) is 0 Å². The van der Waals surface area contributed by atoms with Crippen molar-refractivity contribution in [3.63, 3.8) is 0 Å². The molecule has 1 aliphatic heterocycles. The van der Waals surface area contributed by atoms with Crippen LogP contribution < -0.4 is 4.90 Å². The zero-order valence-corrected chi connectivity index (χ0v) is 23.6. The molecular formula is C31H29Cl2N5O2. The highest BCUT2D eigenvalue weighted by molar-refractivity contribution is 6.36. The second-order valence-corrected chi connectivity index (χ2v) is 10.6. The third kappa shape index (κ3) is 6.61. The number of carbonyl (C=O) groups excluding carboxylic acids is 2. The van der Waals surface area contributed by atoms with Gasteiger partial charge in [0.1, 0.15) is 6.54 Å². The van der Waals surface area contributed by atoms with Crippen molar-refractivity contribution in [1.82, 2.24) is 20.0 Å². The van der Waals surface area contributed by atoms with Gasteiger partial charge in [-0.1, -0.05) is 83.4 Å². The predicted octanol–water partition coefficient (Wildman–Crippen LogP) is 5.75. The topological polar surface area (TPSA) is 69.6 Å². The van der Waals surface area contributed by atoms with Crippen LogP contribution in [-0.4, -0.2) is 64.5 Å². The standard InChI is InChI=1S/C31H29Cl2N5O2/c1-22-7-9-24(10-8-22)28-13-14-29(35-34-28)36-15-17-37(18-16-36)30(39)21-38(20-23-5-3-2-4-6-23)31(40)26-12-11-25(32)19-27(26)33/h2-14,19H,15-18,20-21H2,1H3. The van der Waals surface area contributed by atoms with Gasteiger partial charge in [-0.3, -0.25) is 9.59 Å². The molecule has 3 aromatic carbocycles. The van der Waals surface area contributed by atoms with Gasteiger partial charge in [-0.2, -0.15) is 0 Å². The maximum atomic E-state index is 13.5. The first kappa shape index (κ1) is 27.6. The molecule has 1 fully saturated rings. The van der Waals surface area contributed by atoms with Gasteiger partial charge >= 0.3 is 0 Å². The van der Waals surface area contributed by atoms with Crippen LogP contribution in [0.3, 0.4) is 0 Å². The van der Waals surface area contributed by atoms with E-state index in [0.717, 1.165) is 22.6 Å². The average Bonchev–Trinajstić information content (AvgIpc) is 2.98. The highest BCUT2D eigenvalue weighted by Crippen LogP contribution is 2.24. The number of piperazine rings is 1. The van der Waals surface area contributed by atoms with Crippen LogP contribution in [0.1, 0.15) is 21.5 Å². The van der Waals surface area contributed by atoms with E-state index in [1.165, 1.54) is 16.5 Å². The fourth-order valence-electron chi connectivity index (χ4n) is 4.66.